The van der Waals surface area contributed by atoms with Crippen molar-refractivity contribution in [1.82, 2.24) is 9.38 Å². The molecule has 2 aromatic carbocycles. The molecule has 3 heterocycles. The van der Waals surface area contributed by atoms with Crippen molar-refractivity contribution in [2.45, 2.75) is 6.92 Å². The minimum Gasteiger partial charge on any atom is -0.366 e. The number of piperazine rings is 1. The first-order chi connectivity index (χ1) is 14.6. The lowest BCUT2D eigenvalue weighted by molar-refractivity contribution is 0.595. The third-order valence-corrected chi connectivity index (χ3v) is 5.95. The lowest BCUT2D eigenvalue weighted by Gasteiger charge is -2.37. The van der Waals surface area contributed by atoms with E-state index in [4.69, 9.17) is 16.6 Å². The Hall–Kier alpha value is -3.30. The number of benzene rings is 2. The Morgan fingerprint density at radius 1 is 1.03 bits per heavy atom. The van der Waals surface area contributed by atoms with Crippen LogP contribution in [-0.2, 0) is 0 Å². The fourth-order valence-electron chi connectivity index (χ4n) is 4.21. The van der Waals surface area contributed by atoms with Gasteiger partial charge in [0.2, 0.25) is 0 Å². The van der Waals surface area contributed by atoms with Gasteiger partial charge in [-0.1, -0.05) is 23.7 Å². The Morgan fingerprint density at radius 2 is 1.77 bits per heavy atom. The first kappa shape index (κ1) is 18.7. The second-order valence-electron chi connectivity index (χ2n) is 7.50. The molecule has 1 aliphatic rings. The minimum absolute atomic E-state index is 0.196. The summed E-state index contributed by atoms with van der Waals surface area (Å²) in [6.45, 7) is 4.80. The number of pyridine rings is 1. The van der Waals surface area contributed by atoms with E-state index in [0.29, 0.717) is 35.0 Å². The van der Waals surface area contributed by atoms with Crippen molar-refractivity contribution in [2.75, 3.05) is 36.0 Å². The van der Waals surface area contributed by atoms with Crippen molar-refractivity contribution in [3.05, 3.63) is 70.5 Å². The van der Waals surface area contributed by atoms with Crippen LogP contribution in [0.2, 0.25) is 5.02 Å². The van der Waals surface area contributed by atoms with Gasteiger partial charge in [-0.3, -0.25) is 4.40 Å². The first-order valence-corrected chi connectivity index (χ1v) is 10.2. The molecule has 0 bridgehead atoms. The highest BCUT2D eigenvalue weighted by Gasteiger charge is 2.24. The number of hydrogen-bond donors (Lipinski definition) is 0. The summed E-state index contributed by atoms with van der Waals surface area (Å²) in [5.41, 5.74) is 4.40. The molecule has 150 valence electrons. The standard InChI is InChI=1S/C23H19ClFN5/c1-15-12-22(29-10-8-28(9-11-29)20-5-3-2-4-18(20)25)30-21-13-16(24)6-7-19(21)27-23(30)17(15)14-26/h2-7,12-13H,8-11H2,1H3. The van der Waals surface area contributed by atoms with E-state index in [0.717, 1.165) is 35.5 Å². The fraction of sp³-hybridized carbons (Fsp3) is 0.217. The molecule has 0 amide bonds. The van der Waals surface area contributed by atoms with Gasteiger partial charge in [-0.15, -0.1) is 0 Å². The number of para-hydroxylation sites is 1. The Balaban J connectivity index is 1.58. The molecule has 0 aliphatic carbocycles. The summed E-state index contributed by atoms with van der Waals surface area (Å²) in [6, 6.07) is 16.8. The molecular weight excluding hydrogens is 401 g/mol. The minimum atomic E-state index is -0.196. The Kier molecular flexibility index (Phi) is 4.48. The van der Waals surface area contributed by atoms with E-state index in [1.165, 1.54) is 6.07 Å². The van der Waals surface area contributed by atoms with Crippen molar-refractivity contribution in [3.63, 3.8) is 0 Å². The monoisotopic (exact) mass is 419 g/mol. The zero-order valence-electron chi connectivity index (χ0n) is 16.4. The largest absolute Gasteiger partial charge is 0.366 e. The van der Waals surface area contributed by atoms with E-state index in [1.54, 1.807) is 6.07 Å². The molecule has 1 aliphatic heterocycles. The third-order valence-electron chi connectivity index (χ3n) is 5.72. The smallest absolute Gasteiger partial charge is 0.157 e. The lowest BCUT2D eigenvalue weighted by Crippen LogP contribution is -2.47. The summed E-state index contributed by atoms with van der Waals surface area (Å²) in [5, 5.41) is 10.3. The molecule has 1 saturated heterocycles. The predicted octanol–water partition coefficient (Wildman–Crippen LogP) is 4.79. The zero-order valence-corrected chi connectivity index (χ0v) is 17.2. The number of hydrogen-bond acceptors (Lipinski definition) is 4. The van der Waals surface area contributed by atoms with E-state index in [2.05, 4.69) is 15.9 Å². The number of aromatic nitrogens is 2. The predicted molar refractivity (Wildman–Crippen MR) is 118 cm³/mol. The van der Waals surface area contributed by atoms with Crippen LogP contribution in [-0.4, -0.2) is 35.6 Å². The number of fused-ring (bicyclic) bond motifs is 3. The van der Waals surface area contributed by atoms with Gasteiger partial charge >= 0.3 is 0 Å². The molecule has 1 fully saturated rings. The van der Waals surface area contributed by atoms with E-state index in [9.17, 15) is 9.65 Å². The quantitative estimate of drug-likeness (QED) is 0.469. The van der Waals surface area contributed by atoms with Gasteiger partial charge in [0.1, 0.15) is 17.7 Å². The number of nitrogens with zero attached hydrogens (tertiary/aromatic N) is 5. The maximum Gasteiger partial charge on any atom is 0.157 e. The SMILES string of the molecule is Cc1cc(N2CCN(c3ccccc3F)CC2)n2c(nc3ccc(Cl)cc32)c1C#N. The highest BCUT2D eigenvalue weighted by atomic mass is 35.5. The van der Waals surface area contributed by atoms with E-state index >= 15 is 0 Å². The van der Waals surface area contributed by atoms with Crippen molar-refractivity contribution in [3.8, 4) is 6.07 Å². The van der Waals surface area contributed by atoms with Crippen LogP contribution in [0.5, 0.6) is 0 Å². The van der Waals surface area contributed by atoms with Gasteiger partial charge in [-0.2, -0.15) is 5.26 Å². The number of aryl methyl sites for hydroxylation is 1. The summed E-state index contributed by atoms with van der Waals surface area (Å²) >= 11 is 6.26. The van der Waals surface area contributed by atoms with Crippen molar-refractivity contribution < 1.29 is 4.39 Å². The third kappa shape index (κ3) is 2.94. The summed E-state index contributed by atoms with van der Waals surface area (Å²) < 4.78 is 16.2. The highest BCUT2D eigenvalue weighted by molar-refractivity contribution is 6.31. The second kappa shape index (κ2) is 7.19. The van der Waals surface area contributed by atoms with Gasteiger partial charge < -0.3 is 9.80 Å². The normalized spacial score (nSPS) is 14.5. The Morgan fingerprint density at radius 3 is 2.50 bits per heavy atom. The summed E-state index contributed by atoms with van der Waals surface area (Å²) in [6.07, 6.45) is 0. The lowest BCUT2D eigenvalue weighted by atomic mass is 10.1. The van der Waals surface area contributed by atoms with Crippen LogP contribution in [0.25, 0.3) is 16.7 Å². The Bertz CT molecular complexity index is 1310. The zero-order chi connectivity index (χ0) is 20.8. The number of rotatable bonds is 2. The second-order valence-corrected chi connectivity index (χ2v) is 7.94. The molecule has 5 nitrogen and oxygen atoms in total. The van der Waals surface area contributed by atoms with Crippen LogP contribution in [0.1, 0.15) is 11.1 Å². The highest BCUT2D eigenvalue weighted by Crippen LogP contribution is 2.31. The molecule has 0 atom stereocenters. The van der Waals surface area contributed by atoms with Gasteiger partial charge in [0.15, 0.2) is 5.65 Å². The molecule has 0 saturated carbocycles. The van der Waals surface area contributed by atoms with E-state index < -0.39 is 0 Å². The topological polar surface area (TPSA) is 47.6 Å². The van der Waals surface area contributed by atoms with Crippen LogP contribution in [0.3, 0.4) is 0 Å². The molecule has 0 radical (unpaired) electrons. The van der Waals surface area contributed by atoms with Gasteiger partial charge in [-0.05, 0) is 48.9 Å². The summed E-state index contributed by atoms with van der Waals surface area (Å²) in [4.78, 5) is 9.05. The molecule has 4 aromatic rings. The molecular formula is C23H19ClFN5. The van der Waals surface area contributed by atoms with Crippen LogP contribution in [0.15, 0.2) is 48.5 Å². The van der Waals surface area contributed by atoms with Gasteiger partial charge in [0.05, 0.1) is 22.3 Å². The van der Waals surface area contributed by atoms with Crippen LogP contribution in [0, 0.1) is 24.1 Å². The number of imidazole rings is 1. The molecule has 30 heavy (non-hydrogen) atoms. The summed E-state index contributed by atoms with van der Waals surface area (Å²) in [5.74, 6) is 0.775. The molecule has 0 unspecified atom stereocenters. The number of nitriles is 1. The molecule has 5 rings (SSSR count). The van der Waals surface area contributed by atoms with Gasteiger partial charge in [0.25, 0.3) is 0 Å². The molecule has 0 spiro atoms. The van der Waals surface area contributed by atoms with Crippen molar-refractivity contribution in [1.29, 1.82) is 5.26 Å². The van der Waals surface area contributed by atoms with Crippen LogP contribution in [0.4, 0.5) is 15.9 Å². The Labute approximate surface area is 178 Å². The van der Waals surface area contributed by atoms with E-state index in [-0.39, 0.29) is 5.82 Å². The molecule has 7 heteroatoms. The van der Waals surface area contributed by atoms with Crippen LogP contribution >= 0.6 is 11.6 Å². The van der Waals surface area contributed by atoms with E-state index in [1.807, 2.05) is 47.7 Å². The average molecular weight is 420 g/mol. The number of halogens is 2. The molecule has 0 N–H and O–H groups in total. The maximum atomic E-state index is 14.2. The van der Waals surface area contributed by atoms with Crippen molar-refractivity contribution >= 4 is 39.8 Å². The van der Waals surface area contributed by atoms with Gasteiger partial charge in [-0.25, -0.2) is 9.37 Å². The summed E-state index contributed by atoms with van der Waals surface area (Å²) in [7, 11) is 0. The van der Waals surface area contributed by atoms with Gasteiger partial charge in [0, 0.05) is 31.2 Å². The fourth-order valence-corrected chi connectivity index (χ4v) is 4.38. The van der Waals surface area contributed by atoms with Crippen molar-refractivity contribution in [2.24, 2.45) is 0 Å². The van der Waals surface area contributed by atoms with Crippen LogP contribution < -0.4 is 9.80 Å². The average Bonchev–Trinajstić information content (AvgIpc) is 3.12. The molecule has 2 aromatic heterocycles. The first-order valence-electron chi connectivity index (χ1n) is 9.82. The number of anilines is 2. The maximum absolute atomic E-state index is 14.2.